The zero-order valence-electron chi connectivity index (χ0n) is 10.3. The molecule has 0 heterocycles. The van der Waals surface area contributed by atoms with Crippen molar-refractivity contribution in [2.45, 2.75) is 0 Å². The van der Waals surface area contributed by atoms with E-state index in [4.69, 9.17) is 4.74 Å². The zero-order chi connectivity index (χ0) is 14.5. The van der Waals surface area contributed by atoms with Gasteiger partial charge in [0.1, 0.15) is 0 Å². The van der Waals surface area contributed by atoms with Gasteiger partial charge in [0, 0.05) is 13.6 Å². The Kier molecular flexibility index (Phi) is 5.31. The van der Waals surface area contributed by atoms with Crippen molar-refractivity contribution in [3.05, 3.63) is 67.7 Å². The second-order valence-electron chi connectivity index (χ2n) is 3.99. The van der Waals surface area contributed by atoms with Gasteiger partial charge < -0.3 is 4.74 Å². The molecule has 0 spiro atoms. The smallest absolute Gasteiger partial charge is 0.339 e. The molecule has 102 valence electrons. The minimum atomic E-state index is -0.486. The maximum absolute atomic E-state index is 11.9. The van der Waals surface area contributed by atoms with Crippen LogP contribution in [-0.2, 0) is 4.74 Å². The van der Waals surface area contributed by atoms with Crippen LogP contribution in [0.15, 0.2) is 53.0 Å². The largest absolute Gasteiger partial charge is 0.454 e. The lowest BCUT2D eigenvalue weighted by molar-refractivity contribution is 0.0473. The summed E-state index contributed by atoms with van der Waals surface area (Å²) in [6, 6.07) is 14.0. The summed E-state index contributed by atoms with van der Waals surface area (Å²) < 4.78 is 6.74. The van der Waals surface area contributed by atoms with E-state index in [1.165, 1.54) is 0 Å². The first kappa shape index (κ1) is 15.2. The van der Waals surface area contributed by atoms with E-state index in [0.717, 1.165) is 8.04 Å². The third-order valence-corrected chi connectivity index (χ3v) is 4.06. The Morgan fingerprint density at radius 2 is 1.70 bits per heavy atom. The Bertz CT molecular complexity index is 638. The van der Waals surface area contributed by atoms with E-state index in [9.17, 15) is 9.59 Å². The Morgan fingerprint density at radius 1 is 1.05 bits per heavy atom. The number of hydrogen-bond donors (Lipinski definition) is 0. The predicted octanol–water partition coefficient (Wildman–Crippen LogP) is 4.09. The second-order valence-corrected chi connectivity index (χ2v) is 6.06. The van der Waals surface area contributed by atoms with Crippen LogP contribution in [0.25, 0.3) is 0 Å². The van der Waals surface area contributed by atoms with E-state index in [2.05, 4.69) is 38.5 Å². The van der Waals surface area contributed by atoms with Crippen molar-refractivity contribution in [1.29, 1.82) is 0 Å². The summed E-state index contributed by atoms with van der Waals surface area (Å²) in [4.78, 5) is 23.8. The number of esters is 1. The van der Waals surface area contributed by atoms with Gasteiger partial charge in [0.25, 0.3) is 0 Å². The minimum Gasteiger partial charge on any atom is -0.454 e. The van der Waals surface area contributed by atoms with Gasteiger partial charge in [-0.2, -0.15) is 0 Å². The number of ether oxygens (including phenoxy) is 1. The number of carbonyl (C=O) groups excluding carboxylic acids is 2. The van der Waals surface area contributed by atoms with Crippen molar-refractivity contribution in [1.82, 2.24) is 0 Å². The topological polar surface area (TPSA) is 43.4 Å². The Morgan fingerprint density at radius 3 is 2.35 bits per heavy atom. The van der Waals surface area contributed by atoms with Gasteiger partial charge in [0.05, 0.1) is 5.56 Å². The number of hydrogen-bond acceptors (Lipinski definition) is 3. The fraction of sp³-hybridized carbons (Fsp3) is 0.0667. The molecule has 0 bridgehead atoms. The molecule has 0 N–H and O–H groups in total. The fourth-order valence-electron chi connectivity index (χ4n) is 1.55. The quantitative estimate of drug-likeness (QED) is 0.405. The SMILES string of the molecule is O=C(COC(=O)c1ccccc1I)c1ccc(Br)cc1. The second kappa shape index (κ2) is 6.99. The lowest BCUT2D eigenvalue weighted by Gasteiger charge is -2.06. The third kappa shape index (κ3) is 3.89. The molecule has 0 aromatic heterocycles. The molecule has 5 heteroatoms. The van der Waals surface area contributed by atoms with E-state index in [0.29, 0.717) is 11.1 Å². The molecule has 0 saturated carbocycles. The summed E-state index contributed by atoms with van der Waals surface area (Å²) in [6.45, 7) is -0.258. The van der Waals surface area contributed by atoms with Gasteiger partial charge in [-0.1, -0.05) is 40.2 Å². The normalized spacial score (nSPS) is 10.1. The van der Waals surface area contributed by atoms with Crippen LogP contribution in [0.3, 0.4) is 0 Å². The summed E-state index contributed by atoms with van der Waals surface area (Å²) in [7, 11) is 0. The first-order valence-corrected chi connectivity index (χ1v) is 7.65. The molecule has 0 aliphatic heterocycles. The summed E-state index contributed by atoms with van der Waals surface area (Å²) >= 11 is 5.35. The molecular formula is C15H10BrIO3. The average Bonchev–Trinajstić information content (AvgIpc) is 2.45. The fourth-order valence-corrected chi connectivity index (χ4v) is 2.43. The van der Waals surface area contributed by atoms with Gasteiger partial charge in [-0.05, 0) is 46.9 Å². The van der Waals surface area contributed by atoms with Crippen molar-refractivity contribution in [3.63, 3.8) is 0 Å². The highest BCUT2D eigenvalue weighted by Crippen LogP contribution is 2.14. The molecule has 0 fully saturated rings. The lowest BCUT2D eigenvalue weighted by atomic mass is 10.1. The maximum atomic E-state index is 11.9. The molecule has 2 aromatic carbocycles. The molecule has 2 rings (SSSR count). The van der Waals surface area contributed by atoms with Crippen molar-refractivity contribution in [2.75, 3.05) is 6.61 Å². The molecule has 0 aliphatic carbocycles. The van der Waals surface area contributed by atoms with Crippen LogP contribution < -0.4 is 0 Å². The molecule has 0 aliphatic rings. The summed E-state index contributed by atoms with van der Waals surface area (Å²) in [5.41, 5.74) is 0.987. The van der Waals surface area contributed by atoms with Crippen LogP contribution in [0.2, 0.25) is 0 Å². The van der Waals surface area contributed by atoms with Crippen LogP contribution in [0.4, 0.5) is 0 Å². The standard InChI is InChI=1S/C15H10BrIO3/c16-11-7-5-10(6-8-11)14(18)9-20-15(19)12-3-1-2-4-13(12)17/h1-8H,9H2. The molecule has 0 atom stereocenters. The monoisotopic (exact) mass is 444 g/mol. The van der Waals surface area contributed by atoms with E-state index < -0.39 is 5.97 Å². The number of Topliss-reactive ketones (excluding diaryl/α,β-unsaturated/α-hetero) is 1. The van der Waals surface area contributed by atoms with Gasteiger partial charge >= 0.3 is 5.97 Å². The highest BCUT2D eigenvalue weighted by Gasteiger charge is 2.13. The van der Waals surface area contributed by atoms with Crippen LogP contribution in [0.1, 0.15) is 20.7 Å². The van der Waals surface area contributed by atoms with Crippen molar-refractivity contribution >= 4 is 50.3 Å². The van der Waals surface area contributed by atoms with Crippen molar-refractivity contribution < 1.29 is 14.3 Å². The Balaban J connectivity index is 1.99. The van der Waals surface area contributed by atoms with Crippen LogP contribution in [-0.4, -0.2) is 18.4 Å². The number of benzene rings is 2. The first-order chi connectivity index (χ1) is 9.58. The number of halogens is 2. The van der Waals surface area contributed by atoms with Crippen molar-refractivity contribution in [2.24, 2.45) is 0 Å². The minimum absolute atomic E-state index is 0.225. The number of rotatable bonds is 4. The molecule has 3 nitrogen and oxygen atoms in total. The van der Waals surface area contributed by atoms with Crippen LogP contribution in [0, 0.1) is 3.57 Å². The van der Waals surface area contributed by atoms with Crippen LogP contribution >= 0.6 is 38.5 Å². The molecule has 0 amide bonds. The number of carbonyl (C=O) groups is 2. The van der Waals surface area contributed by atoms with Gasteiger partial charge in [0.2, 0.25) is 0 Å². The van der Waals surface area contributed by atoms with Gasteiger partial charge in [-0.15, -0.1) is 0 Å². The van der Waals surface area contributed by atoms with E-state index in [-0.39, 0.29) is 12.4 Å². The Hall–Kier alpha value is -1.21. The van der Waals surface area contributed by atoms with Gasteiger partial charge in [-0.3, -0.25) is 4.79 Å². The van der Waals surface area contributed by atoms with Gasteiger partial charge in [-0.25, -0.2) is 4.79 Å². The molecule has 20 heavy (non-hydrogen) atoms. The average molecular weight is 445 g/mol. The predicted molar refractivity (Wildman–Crippen MR) is 87.9 cm³/mol. The molecular weight excluding hydrogens is 435 g/mol. The van der Waals surface area contributed by atoms with E-state index in [1.54, 1.807) is 36.4 Å². The number of ketones is 1. The maximum Gasteiger partial charge on any atom is 0.339 e. The zero-order valence-corrected chi connectivity index (χ0v) is 14.1. The highest BCUT2D eigenvalue weighted by molar-refractivity contribution is 14.1. The molecule has 0 unspecified atom stereocenters. The summed E-state index contributed by atoms with van der Waals surface area (Å²) in [6.07, 6.45) is 0. The lowest BCUT2D eigenvalue weighted by Crippen LogP contribution is -2.15. The summed E-state index contributed by atoms with van der Waals surface area (Å²) in [5, 5.41) is 0. The molecule has 0 saturated heterocycles. The highest BCUT2D eigenvalue weighted by atomic mass is 127. The van der Waals surface area contributed by atoms with Gasteiger partial charge in [0.15, 0.2) is 12.4 Å². The first-order valence-electron chi connectivity index (χ1n) is 5.78. The molecule has 0 radical (unpaired) electrons. The van der Waals surface area contributed by atoms with E-state index >= 15 is 0 Å². The van der Waals surface area contributed by atoms with E-state index in [1.807, 2.05) is 12.1 Å². The third-order valence-electron chi connectivity index (χ3n) is 2.59. The van der Waals surface area contributed by atoms with Crippen LogP contribution in [0.5, 0.6) is 0 Å². The summed E-state index contributed by atoms with van der Waals surface area (Å²) in [5.74, 6) is -0.711. The van der Waals surface area contributed by atoms with Crippen molar-refractivity contribution in [3.8, 4) is 0 Å². The molecule has 2 aromatic rings. The Labute approximate surface area is 138 Å².